The Hall–Kier alpha value is -0.130. The molecule has 0 unspecified atom stereocenters. The molecule has 17 heavy (non-hydrogen) atoms. The van der Waals surface area contributed by atoms with Gasteiger partial charge in [-0.15, -0.1) is 0 Å². The number of halogens is 2. The first-order chi connectivity index (χ1) is 8.02. The third-order valence-corrected chi connectivity index (χ3v) is 3.18. The van der Waals surface area contributed by atoms with Gasteiger partial charge in [0.15, 0.2) is 0 Å². The van der Waals surface area contributed by atoms with Crippen molar-refractivity contribution >= 4 is 27.5 Å². The Morgan fingerprint density at radius 1 is 1.53 bits per heavy atom. The van der Waals surface area contributed by atoms with Gasteiger partial charge >= 0.3 is 0 Å². The van der Waals surface area contributed by atoms with Crippen LogP contribution in [0.25, 0.3) is 0 Å². The van der Waals surface area contributed by atoms with E-state index in [0.717, 1.165) is 15.1 Å². The van der Waals surface area contributed by atoms with Gasteiger partial charge in [-0.2, -0.15) is 0 Å². The molecule has 0 saturated carbocycles. The average Bonchev–Trinajstić information content (AvgIpc) is 2.22. The van der Waals surface area contributed by atoms with Crippen molar-refractivity contribution in [1.29, 1.82) is 0 Å². The molecule has 0 aliphatic heterocycles. The number of methoxy groups -OCH3 is 1. The van der Waals surface area contributed by atoms with Gasteiger partial charge in [-0.05, 0) is 24.7 Å². The molecule has 3 nitrogen and oxygen atoms in total. The Kier molecular flexibility index (Phi) is 6.44. The molecule has 0 amide bonds. The Labute approximate surface area is 115 Å². The van der Waals surface area contributed by atoms with E-state index in [1.54, 1.807) is 7.11 Å². The summed E-state index contributed by atoms with van der Waals surface area (Å²) >= 11 is 9.50. The first-order valence-electron chi connectivity index (χ1n) is 5.32. The minimum absolute atomic E-state index is 0.346. The Morgan fingerprint density at radius 2 is 2.24 bits per heavy atom. The van der Waals surface area contributed by atoms with E-state index < -0.39 is 6.10 Å². The third kappa shape index (κ3) is 5.36. The number of aliphatic hydroxyl groups is 1. The summed E-state index contributed by atoms with van der Waals surface area (Å²) < 4.78 is 5.85. The molecular formula is C12H17BrClNO2. The molecule has 0 bridgehead atoms. The van der Waals surface area contributed by atoms with Gasteiger partial charge in [-0.1, -0.05) is 33.6 Å². The third-order valence-electron chi connectivity index (χ3n) is 2.34. The van der Waals surface area contributed by atoms with E-state index in [1.807, 2.05) is 30.1 Å². The molecule has 0 aliphatic carbocycles. The maximum atomic E-state index is 9.60. The largest absolute Gasteiger partial charge is 0.389 e. The summed E-state index contributed by atoms with van der Waals surface area (Å²) in [6.45, 7) is 1.60. The second-order valence-corrected chi connectivity index (χ2v) is 5.36. The monoisotopic (exact) mass is 321 g/mol. The second-order valence-electron chi connectivity index (χ2n) is 4.04. The molecule has 0 fully saturated rings. The fourth-order valence-electron chi connectivity index (χ4n) is 1.61. The number of hydrogen-bond donors (Lipinski definition) is 1. The van der Waals surface area contributed by atoms with E-state index in [1.165, 1.54) is 0 Å². The zero-order valence-electron chi connectivity index (χ0n) is 9.99. The lowest BCUT2D eigenvalue weighted by molar-refractivity contribution is 0.0419. The van der Waals surface area contributed by atoms with Crippen LogP contribution in [0.1, 0.15) is 5.56 Å². The summed E-state index contributed by atoms with van der Waals surface area (Å²) in [6.07, 6.45) is -0.473. The molecule has 5 heteroatoms. The number of hydrogen-bond acceptors (Lipinski definition) is 3. The number of ether oxygens (including phenoxy) is 1. The van der Waals surface area contributed by atoms with Crippen LogP contribution in [0.4, 0.5) is 0 Å². The zero-order valence-corrected chi connectivity index (χ0v) is 12.3. The van der Waals surface area contributed by atoms with Crippen LogP contribution >= 0.6 is 27.5 Å². The van der Waals surface area contributed by atoms with Gasteiger partial charge in [0.05, 0.1) is 12.7 Å². The summed E-state index contributed by atoms with van der Waals surface area (Å²) in [4.78, 5) is 2.01. The van der Waals surface area contributed by atoms with Crippen molar-refractivity contribution in [2.75, 3.05) is 27.3 Å². The van der Waals surface area contributed by atoms with Crippen LogP contribution in [0.2, 0.25) is 5.02 Å². The highest BCUT2D eigenvalue weighted by Gasteiger charge is 2.10. The van der Waals surface area contributed by atoms with Gasteiger partial charge in [-0.3, -0.25) is 4.90 Å². The van der Waals surface area contributed by atoms with Crippen molar-refractivity contribution < 1.29 is 9.84 Å². The van der Waals surface area contributed by atoms with Crippen LogP contribution in [0.3, 0.4) is 0 Å². The van der Waals surface area contributed by atoms with Crippen molar-refractivity contribution in [2.45, 2.75) is 12.6 Å². The van der Waals surface area contributed by atoms with Crippen molar-refractivity contribution in [3.63, 3.8) is 0 Å². The Balaban J connectivity index is 2.52. The number of rotatable bonds is 6. The molecule has 1 N–H and O–H groups in total. The van der Waals surface area contributed by atoms with Gasteiger partial charge in [0.1, 0.15) is 0 Å². The summed E-state index contributed by atoms with van der Waals surface area (Å²) in [5.41, 5.74) is 1.04. The molecule has 1 atom stereocenters. The van der Waals surface area contributed by atoms with E-state index in [-0.39, 0.29) is 0 Å². The van der Waals surface area contributed by atoms with Crippen LogP contribution in [0, 0.1) is 0 Å². The maximum Gasteiger partial charge on any atom is 0.0900 e. The van der Waals surface area contributed by atoms with Gasteiger partial charge < -0.3 is 9.84 Å². The topological polar surface area (TPSA) is 32.7 Å². The SMILES string of the molecule is COC[C@@H](O)CN(C)Cc1ccc(Br)cc1Cl. The van der Waals surface area contributed by atoms with Crippen molar-refractivity contribution in [1.82, 2.24) is 4.90 Å². The fraction of sp³-hybridized carbons (Fsp3) is 0.500. The standard InChI is InChI=1S/C12H17BrClNO2/c1-15(7-11(16)8-17-2)6-9-3-4-10(13)5-12(9)14/h3-5,11,16H,6-8H2,1-2H3/t11-/m0/s1. The lowest BCUT2D eigenvalue weighted by Crippen LogP contribution is -2.31. The van der Waals surface area contributed by atoms with E-state index in [9.17, 15) is 5.11 Å². The normalized spacial score (nSPS) is 13.1. The molecule has 1 aromatic carbocycles. The molecule has 96 valence electrons. The zero-order chi connectivity index (χ0) is 12.8. The summed E-state index contributed by atoms with van der Waals surface area (Å²) in [5, 5.41) is 10.3. The number of nitrogens with zero attached hydrogens (tertiary/aromatic N) is 1. The number of benzene rings is 1. The average molecular weight is 323 g/mol. The molecule has 0 radical (unpaired) electrons. The maximum absolute atomic E-state index is 9.60. The molecule has 1 rings (SSSR count). The minimum atomic E-state index is -0.473. The molecule has 1 aromatic rings. The first-order valence-corrected chi connectivity index (χ1v) is 6.49. The second kappa shape index (κ2) is 7.34. The summed E-state index contributed by atoms with van der Waals surface area (Å²) in [7, 11) is 3.52. The van der Waals surface area contributed by atoms with Crippen LogP contribution in [0.5, 0.6) is 0 Å². The Bertz CT molecular complexity index is 362. The smallest absolute Gasteiger partial charge is 0.0900 e. The lowest BCUT2D eigenvalue weighted by atomic mass is 10.2. The quantitative estimate of drug-likeness (QED) is 0.873. The molecule has 0 spiro atoms. The summed E-state index contributed by atoms with van der Waals surface area (Å²) in [5.74, 6) is 0. The predicted molar refractivity (Wildman–Crippen MR) is 73.4 cm³/mol. The van der Waals surface area contributed by atoms with Gasteiger partial charge in [0.25, 0.3) is 0 Å². The van der Waals surface area contributed by atoms with Crippen molar-refractivity contribution in [2.24, 2.45) is 0 Å². The molecular weight excluding hydrogens is 305 g/mol. The highest BCUT2D eigenvalue weighted by molar-refractivity contribution is 9.10. The fourth-order valence-corrected chi connectivity index (χ4v) is 2.34. The predicted octanol–water partition coefficient (Wildman–Crippen LogP) is 2.54. The van der Waals surface area contributed by atoms with Crippen LogP contribution < -0.4 is 0 Å². The van der Waals surface area contributed by atoms with E-state index in [2.05, 4.69) is 15.9 Å². The highest BCUT2D eigenvalue weighted by atomic mass is 79.9. The van der Waals surface area contributed by atoms with E-state index >= 15 is 0 Å². The first kappa shape index (κ1) is 14.9. The molecule has 0 saturated heterocycles. The molecule has 0 aromatic heterocycles. The van der Waals surface area contributed by atoms with Gasteiger partial charge in [-0.25, -0.2) is 0 Å². The van der Waals surface area contributed by atoms with Crippen molar-refractivity contribution in [3.05, 3.63) is 33.3 Å². The number of aliphatic hydroxyl groups excluding tert-OH is 1. The Morgan fingerprint density at radius 3 is 2.82 bits per heavy atom. The van der Waals surface area contributed by atoms with E-state index in [4.69, 9.17) is 16.3 Å². The lowest BCUT2D eigenvalue weighted by Gasteiger charge is -2.20. The van der Waals surface area contributed by atoms with E-state index in [0.29, 0.717) is 19.7 Å². The molecule has 0 aliphatic rings. The van der Waals surface area contributed by atoms with Crippen LogP contribution in [-0.4, -0.2) is 43.4 Å². The van der Waals surface area contributed by atoms with Crippen LogP contribution in [0.15, 0.2) is 22.7 Å². The molecule has 0 heterocycles. The van der Waals surface area contributed by atoms with Gasteiger partial charge in [0, 0.05) is 29.7 Å². The van der Waals surface area contributed by atoms with Crippen molar-refractivity contribution in [3.8, 4) is 0 Å². The minimum Gasteiger partial charge on any atom is -0.389 e. The summed E-state index contributed by atoms with van der Waals surface area (Å²) in [6, 6.07) is 5.81. The number of likely N-dealkylation sites (N-methyl/N-ethyl adjacent to an activating group) is 1. The van der Waals surface area contributed by atoms with Crippen LogP contribution in [-0.2, 0) is 11.3 Å². The highest BCUT2D eigenvalue weighted by Crippen LogP contribution is 2.22. The van der Waals surface area contributed by atoms with Gasteiger partial charge in [0.2, 0.25) is 0 Å².